The Kier molecular flexibility index (Phi) is 5.55. The summed E-state index contributed by atoms with van der Waals surface area (Å²) in [7, 11) is 0. The lowest BCUT2D eigenvalue weighted by Crippen LogP contribution is -2.14. The molecule has 1 heterocycles. The summed E-state index contributed by atoms with van der Waals surface area (Å²) in [5.74, 6) is 0. The number of carbonyl (C=O) groups is 1. The van der Waals surface area contributed by atoms with Gasteiger partial charge in [-0.2, -0.15) is 0 Å². The molecule has 4 nitrogen and oxygen atoms in total. The van der Waals surface area contributed by atoms with Gasteiger partial charge in [0, 0.05) is 5.56 Å². The number of carbonyl (C=O) groups excluding carboxylic acids is 1. The van der Waals surface area contributed by atoms with Gasteiger partial charge in [0.2, 0.25) is 0 Å². The largest absolute Gasteiger partial charge is 0.449 e. The number of benzene rings is 1. The molecule has 2 rings (SSSR count). The van der Waals surface area contributed by atoms with E-state index in [1.807, 2.05) is 37.3 Å². The van der Waals surface area contributed by atoms with E-state index < -0.39 is 6.09 Å². The van der Waals surface area contributed by atoms with Gasteiger partial charge in [-0.25, -0.2) is 9.78 Å². The molecule has 106 valence electrons. The van der Waals surface area contributed by atoms with Crippen LogP contribution in [0.3, 0.4) is 0 Å². The zero-order valence-electron chi connectivity index (χ0n) is 11.1. The minimum absolute atomic E-state index is 0.431. The number of ether oxygens (including phenoxy) is 1. The molecule has 1 amide bonds. The zero-order chi connectivity index (χ0) is 14.4. The topological polar surface area (TPSA) is 51.2 Å². The lowest BCUT2D eigenvalue weighted by molar-refractivity contribution is 0.160. The van der Waals surface area contributed by atoms with Crippen LogP contribution in [0.1, 0.15) is 19.8 Å². The first-order valence-electron chi connectivity index (χ1n) is 6.36. The lowest BCUT2D eigenvalue weighted by atomic mass is 10.2. The fraction of sp³-hybridized carbons (Fsp3) is 0.286. The Morgan fingerprint density at radius 2 is 2.15 bits per heavy atom. The number of nitrogens with zero attached hydrogens (tertiary/aromatic N) is 1. The van der Waals surface area contributed by atoms with Gasteiger partial charge in [0.1, 0.15) is 0 Å². The second-order valence-electron chi connectivity index (χ2n) is 4.12. The van der Waals surface area contributed by atoms with Gasteiger partial charge in [-0.05, 0) is 22.4 Å². The van der Waals surface area contributed by atoms with Crippen LogP contribution < -0.4 is 5.32 Å². The van der Waals surface area contributed by atoms with Gasteiger partial charge in [0.25, 0.3) is 0 Å². The molecule has 6 heteroatoms. The monoisotopic (exact) mass is 354 g/mol. The summed E-state index contributed by atoms with van der Waals surface area (Å²) >= 11 is 4.84. The highest BCUT2D eigenvalue weighted by atomic mass is 79.9. The third-order valence-corrected chi connectivity index (χ3v) is 4.19. The van der Waals surface area contributed by atoms with E-state index in [2.05, 4.69) is 26.2 Å². The van der Waals surface area contributed by atoms with E-state index in [4.69, 9.17) is 4.74 Å². The number of nitrogens with one attached hydrogen (secondary N) is 1. The molecule has 0 atom stereocenters. The Morgan fingerprint density at radius 3 is 2.85 bits per heavy atom. The predicted octanol–water partition coefficient (Wildman–Crippen LogP) is 4.92. The minimum Gasteiger partial charge on any atom is -0.449 e. The highest BCUT2D eigenvalue weighted by Gasteiger charge is 2.13. The molecule has 0 spiro atoms. The molecular weight excluding hydrogens is 340 g/mol. The minimum atomic E-state index is -0.459. The van der Waals surface area contributed by atoms with Crippen molar-refractivity contribution in [1.82, 2.24) is 4.98 Å². The number of hydrogen-bond donors (Lipinski definition) is 1. The van der Waals surface area contributed by atoms with Crippen LogP contribution in [0.5, 0.6) is 0 Å². The van der Waals surface area contributed by atoms with Crippen LogP contribution in [-0.4, -0.2) is 17.7 Å². The molecule has 0 saturated heterocycles. The number of amides is 1. The van der Waals surface area contributed by atoms with Crippen molar-refractivity contribution < 1.29 is 9.53 Å². The first kappa shape index (κ1) is 15.0. The summed E-state index contributed by atoms with van der Waals surface area (Å²) in [6.45, 7) is 2.48. The van der Waals surface area contributed by atoms with Gasteiger partial charge in [0.05, 0.1) is 16.1 Å². The molecule has 0 aliphatic carbocycles. The molecule has 2 aromatic rings. The van der Waals surface area contributed by atoms with Crippen molar-refractivity contribution in [1.29, 1.82) is 0 Å². The van der Waals surface area contributed by atoms with Crippen molar-refractivity contribution in [3.8, 4) is 11.3 Å². The van der Waals surface area contributed by atoms with E-state index in [1.165, 1.54) is 11.3 Å². The average molecular weight is 355 g/mol. The number of anilines is 1. The first-order valence-corrected chi connectivity index (χ1v) is 7.97. The molecule has 0 fully saturated rings. The summed E-state index contributed by atoms with van der Waals surface area (Å²) in [6.07, 6.45) is 1.40. The van der Waals surface area contributed by atoms with Crippen molar-refractivity contribution in [2.75, 3.05) is 11.9 Å². The quantitative estimate of drug-likeness (QED) is 0.775. The number of halogens is 1. The maximum absolute atomic E-state index is 11.6. The van der Waals surface area contributed by atoms with Crippen LogP contribution in [0.15, 0.2) is 34.1 Å². The summed E-state index contributed by atoms with van der Waals surface area (Å²) in [5.41, 5.74) is 1.82. The van der Waals surface area contributed by atoms with Gasteiger partial charge in [-0.1, -0.05) is 55.0 Å². The maximum Gasteiger partial charge on any atom is 0.413 e. The molecular formula is C14H15BrN2O2S. The van der Waals surface area contributed by atoms with E-state index in [0.717, 1.165) is 27.9 Å². The number of aromatic nitrogens is 1. The smallest absolute Gasteiger partial charge is 0.413 e. The molecule has 0 radical (unpaired) electrons. The van der Waals surface area contributed by atoms with Crippen LogP contribution in [0.4, 0.5) is 9.93 Å². The molecule has 0 aliphatic rings. The molecule has 1 aromatic heterocycles. The van der Waals surface area contributed by atoms with E-state index in [0.29, 0.717) is 11.7 Å². The second kappa shape index (κ2) is 7.40. The van der Waals surface area contributed by atoms with E-state index >= 15 is 0 Å². The third kappa shape index (κ3) is 4.05. The summed E-state index contributed by atoms with van der Waals surface area (Å²) in [6, 6.07) is 9.81. The summed E-state index contributed by atoms with van der Waals surface area (Å²) in [4.78, 5) is 16.0. The molecule has 1 N–H and O–H groups in total. The highest BCUT2D eigenvalue weighted by molar-refractivity contribution is 9.11. The van der Waals surface area contributed by atoms with Crippen LogP contribution in [0.2, 0.25) is 0 Å². The Morgan fingerprint density at radius 1 is 1.40 bits per heavy atom. The molecule has 1 aromatic carbocycles. The van der Waals surface area contributed by atoms with Crippen molar-refractivity contribution in [3.05, 3.63) is 34.1 Å². The summed E-state index contributed by atoms with van der Waals surface area (Å²) < 4.78 is 5.92. The number of thiazole rings is 1. The van der Waals surface area contributed by atoms with Crippen molar-refractivity contribution in [2.45, 2.75) is 19.8 Å². The number of rotatable bonds is 5. The summed E-state index contributed by atoms with van der Waals surface area (Å²) in [5, 5.41) is 3.17. The Bertz CT molecular complexity index is 572. The average Bonchev–Trinajstić information content (AvgIpc) is 2.81. The van der Waals surface area contributed by atoms with Crippen molar-refractivity contribution >= 4 is 38.5 Å². The number of hydrogen-bond acceptors (Lipinski definition) is 4. The molecule has 0 saturated carbocycles. The number of unbranched alkanes of at least 4 members (excludes halogenated alkanes) is 1. The van der Waals surface area contributed by atoms with Gasteiger partial charge < -0.3 is 4.74 Å². The standard InChI is InChI=1S/C14H15BrN2O2S/c1-2-3-9-19-14(18)17-13-16-11(12(15)20-13)10-7-5-4-6-8-10/h4-8H,2-3,9H2,1H3,(H,16,17,18). The van der Waals surface area contributed by atoms with Crippen molar-refractivity contribution in [3.63, 3.8) is 0 Å². The Hall–Kier alpha value is -1.40. The normalized spacial score (nSPS) is 10.3. The van der Waals surface area contributed by atoms with E-state index in [1.54, 1.807) is 0 Å². The molecule has 20 heavy (non-hydrogen) atoms. The molecule has 0 unspecified atom stereocenters. The van der Waals surface area contributed by atoms with Crippen LogP contribution in [0.25, 0.3) is 11.3 Å². The predicted molar refractivity (Wildman–Crippen MR) is 85.1 cm³/mol. The fourth-order valence-corrected chi connectivity index (χ4v) is 3.04. The van der Waals surface area contributed by atoms with Crippen LogP contribution in [-0.2, 0) is 4.74 Å². The van der Waals surface area contributed by atoms with Gasteiger partial charge in [0.15, 0.2) is 5.13 Å². The third-order valence-electron chi connectivity index (χ3n) is 2.57. The van der Waals surface area contributed by atoms with E-state index in [-0.39, 0.29) is 0 Å². The lowest BCUT2D eigenvalue weighted by Gasteiger charge is -2.03. The van der Waals surface area contributed by atoms with Gasteiger partial charge in [-0.3, -0.25) is 5.32 Å². The van der Waals surface area contributed by atoms with Gasteiger partial charge >= 0.3 is 6.09 Å². The van der Waals surface area contributed by atoms with E-state index in [9.17, 15) is 4.79 Å². The van der Waals surface area contributed by atoms with Crippen LogP contribution >= 0.6 is 27.3 Å². The SMILES string of the molecule is CCCCOC(=O)Nc1nc(-c2ccccc2)c(Br)s1. The van der Waals surface area contributed by atoms with Crippen molar-refractivity contribution in [2.24, 2.45) is 0 Å². The first-order chi connectivity index (χ1) is 9.70. The highest BCUT2D eigenvalue weighted by Crippen LogP contribution is 2.35. The molecule has 0 bridgehead atoms. The van der Waals surface area contributed by atoms with Gasteiger partial charge in [-0.15, -0.1) is 0 Å². The molecule has 0 aliphatic heterocycles. The van der Waals surface area contributed by atoms with Crippen LogP contribution in [0, 0.1) is 0 Å². The zero-order valence-corrected chi connectivity index (χ0v) is 13.5. The Labute approximate surface area is 130 Å². The second-order valence-corrected chi connectivity index (χ2v) is 6.44. The maximum atomic E-state index is 11.6. The Balaban J connectivity index is 2.03. The fourth-order valence-electron chi connectivity index (χ4n) is 1.56.